The minimum absolute atomic E-state index is 0.0280. The smallest absolute Gasteiger partial charge is 0.261 e. The van der Waals surface area contributed by atoms with Gasteiger partial charge in [-0.2, -0.15) is 0 Å². The Balaban J connectivity index is 1.58. The molecule has 0 aliphatic rings. The van der Waals surface area contributed by atoms with Crippen molar-refractivity contribution >= 4 is 28.8 Å². The first-order chi connectivity index (χ1) is 14.8. The molecular formula is C22H24FN5O3. The number of hydrogen-bond donors (Lipinski definition) is 3. The van der Waals surface area contributed by atoms with Gasteiger partial charge in [-0.1, -0.05) is 26.0 Å². The lowest BCUT2D eigenvalue weighted by Gasteiger charge is -2.22. The maximum atomic E-state index is 13.0. The fourth-order valence-electron chi connectivity index (χ4n) is 3.11. The zero-order valence-electron chi connectivity index (χ0n) is 17.5. The van der Waals surface area contributed by atoms with Crippen molar-refractivity contribution in [2.45, 2.75) is 26.3 Å². The second kappa shape index (κ2) is 9.38. The summed E-state index contributed by atoms with van der Waals surface area (Å²) >= 11 is 0. The van der Waals surface area contributed by atoms with Gasteiger partial charge in [-0.3, -0.25) is 25.2 Å². The van der Waals surface area contributed by atoms with E-state index in [0.29, 0.717) is 5.82 Å². The van der Waals surface area contributed by atoms with Gasteiger partial charge >= 0.3 is 0 Å². The molecule has 31 heavy (non-hydrogen) atoms. The number of hydrazine groups is 1. The lowest BCUT2D eigenvalue weighted by molar-refractivity contribution is -0.130. The van der Waals surface area contributed by atoms with Gasteiger partial charge in [-0.05, 0) is 42.3 Å². The summed E-state index contributed by atoms with van der Waals surface area (Å²) in [5, 5.41) is 2.61. The number of nitrogens with one attached hydrogen (secondary N) is 3. The summed E-state index contributed by atoms with van der Waals surface area (Å²) in [6, 6.07) is 11.6. The Morgan fingerprint density at radius 1 is 1.03 bits per heavy atom. The fraction of sp³-hybridized carbons (Fsp3) is 0.273. The van der Waals surface area contributed by atoms with Gasteiger partial charge in [0.15, 0.2) is 0 Å². The molecule has 1 heterocycles. The minimum Gasteiger partial charge on any atom is -0.340 e. The number of amides is 3. The molecule has 2 aromatic carbocycles. The molecule has 0 unspecified atom stereocenters. The van der Waals surface area contributed by atoms with Crippen molar-refractivity contribution in [1.29, 1.82) is 0 Å². The number of carbonyl (C=O) groups is 3. The lowest BCUT2D eigenvalue weighted by atomic mass is 10.0. The summed E-state index contributed by atoms with van der Waals surface area (Å²) in [5.41, 5.74) is 6.62. The highest BCUT2D eigenvalue weighted by Crippen LogP contribution is 2.14. The fourth-order valence-corrected chi connectivity index (χ4v) is 3.11. The van der Waals surface area contributed by atoms with Crippen molar-refractivity contribution in [3.63, 3.8) is 0 Å². The van der Waals surface area contributed by atoms with E-state index in [0.717, 1.165) is 11.0 Å². The first kappa shape index (κ1) is 21.9. The summed E-state index contributed by atoms with van der Waals surface area (Å²) in [6.45, 7) is 3.52. The number of halogens is 1. The van der Waals surface area contributed by atoms with Crippen LogP contribution in [0, 0.1) is 11.7 Å². The third-order valence-electron chi connectivity index (χ3n) is 4.87. The zero-order valence-corrected chi connectivity index (χ0v) is 17.5. The maximum absolute atomic E-state index is 13.0. The maximum Gasteiger partial charge on any atom is 0.261 e. The second-order valence-corrected chi connectivity index (χ2v) is 7.49. The standard InChI is InChI=1S/C22H24FN5O3/c1-13(2)20(25-21(30)14-8-10-15(23)11-9-14)22(31)27-26-19(29)12-18-24-16-6-4-5-7-17(16)28(18)3/h4-11,13,20H,12H2,1-3H3,(H,25,30)(H,26,29)(H,27,31)/t20-/m0/s1. The van der Waals surface area contributed by atoms with E-state index >= 15 is 0 Å². The third-order valence-corrected chi connectivity index (χ3v) is 4.87. The van der Waals surface area contributed by atoms with Gasteiger partial charge in [0.05, 0.1) is 17.5 Å². The van der Waals surface area contributed by atoms with Crippen LogP contribution in [0.25, 0.3) is 11.0 Å². The highest BCUT2D eigenvalue weighted by atomic mass is 19.1. The Morgan fingerprint density at radius 2 is 1.71 bits per heavy atom. The first-order valence-corrected chi connectivity index (χ1v) is 9.81. The molecule has 3 aromatic rings. The van der Waals surface area contributed by atoms with Crippen molar-refractivity contribution in [2.24, 2.45) is 13.0 Å². The van der Waals surface area contributed by atoms with Crippen LogP contribution < -0.4 is 16.2 Å². The van der Waals surface area contributed by atoms with Gasteiger partial charge < -0.3 is 9.88 Å². The Hall–Kier alpha value is -3.75. The number of aromatic nitrogens is 2. The summed E-state index contributed by atoms with van der Waals surface area (Å²) in [6.07, 6.45) is -0.0280. The van der Waals surface area contributed by atoms with Crippen molar-refractivity contribution < 1.29 is 18.8 Å². The van der Waals surface area contributed by atoms with Crippen LogP contribution in [0.15, 0.2) is 48.5 Å². The van der Waals surface area contributed by atoms with Gasteiger partial charge in [0, 0.05) is 12.6 Å². The van der Waals surface area contributed by atoms with E-state index < -0.39 is 29.6 Å². The molecule has 0 aliphatic carbocycles. The van der Waals surface area contributed by atoms with E-state index in [9.17, 15) is 18.8 Å². The molecule has 9 heteroatoms. The van der Waals surface area contributed by atoms with Crippen LogP contribution in [0.3, 0.4) is 0 Å². The molecule has 3 amide bonds. The van der Waals surface area contributed by atoms with Crippen LogP contribution in [0.2, 0.25) is 0 Å². The largest absolute Gasteiger partial charge is 0.340 e. The first-order valence-electron chi connectivity index (χ1n) is 9.81. The predicted molar refractivity (Wildman–Crippen MR) is 113 cm³/mol. The van der Waals surface area contributed by atoms with Crippen molar-refractivity contribution in [2.75, 3.05) is 0 Å². The molecule has 162 valence electrons. The number of hydrogen-bond acceptors (Lipinski definition) is 4. The summed E-state index contributed by atoms with van der Waals surface area (Å²) in [4.78, 5) is 41.7. The molecule has 0 saturated heterocycles. The second-order valence-electron chi connectivity index (χ2n) is 7.49. The molecular weight excluding hydrogens is 401 g/mol. The summed E-state index contributed by atoms with van der Waals surface area (Å²) in [5.74, 6) is -1.68. The number of carbonyl (C=O) groups excluding carboxylic acids is 3. The van der Waals surface area contributed by atoms with E-state index in [1.165, 1.54) is 24.3 Å². The molecule has 0 saturated carbocycles. The molecule has 3 rings (SSSR count). The Labute approximate surface area is 178 Å². The lowest BCUT2D eigenvalue weighted by Crippen LogP contribution is -2.54. The van der Waals surface area contributed by atoms with Gasteiger partial charge in [0.25, 0.3) is 11.8 Å². The van der Waals surface area contributed by atoms with Crippen molar-refractivity contribution in [1.82, 2.24) is 25.7 Å². The number of para-hydroxylation sites is 2. The molecule has 0 aliphatic heterocycles. The number of aryl methyl sites for hydroxylation is 1. The van der Waals surface area contributed by atoms with Crippen LogP contribution in [0.4, 0.5) is 4.39 Å². The topological polar surface area (TPSA) is 105 Å². The van der Waals surface area contributed by atoms with Gasteiger partial charge in [-0.25, -0.2) is 9.37 Å². The molecule has 0 fully saturated rings. The van der Waals surface area contributed by atoms with E-state index in [4.69, 9.17) is 0 Å². The summed E-state index contributed by atoms with van der Waals surface area (Å²) < 4.78 is 14.9. The average Bonchev–Trinajstić information content (AvgIpc) is 3.06. The van der Waals surface area contributed by atoms with Crippen molar-refractivity contribution in [3.8, 4) is 0 Å². The Kier molecular flexibility index (Phi) is 6.64. The van der Waals surface area contributed by atoms with Crippen LogP contribution in [0.5, 0.6) is 0 Å². The molecule has 1 atom stereocenters. The number of imidazole rings is 1. The third kappa shape index (κ3) is 5.25. The minimum atomic E-state index is -0.895. The SMILES string of the molecule is CC(C)[C@H](NC(=O)c1ccc(F)cc1)C(=O)NNC(=O)Cc1nc2ccccc2n1C. The number of nitrogens with zero attached hydrogens (tertiary/aromatic N) is 2. The van der Waals surface area contributed by atoms with Crippen molar-refractivity contribution in [3.05, 3.63) is 65.7 Å². The van der Waals surface area contributed by atoms with Crippen LogP contribution in [-0.4, -0.2) is 33.3 Å². The van der Waals surface area contributed by atoms with Gasteiger partial charge in [0.1, 0.15) is 17.7 Å². The normalized spacial score (nSPS) is 11.9. The van der Waals surface area contributed by atoms with E-state index in [2.05, 4.69) is 21.2 Å². The van der Waals surface area contributed by atoms with Crippen LogP contribution in [0.1, 0.15) is 30.0 Å². The van der Waals surface area contributed by atoms with Crippen LogP contribution in [-0.2, 0) is 23.1 Å². The van der Waals surface area contributed by atoms with E-state index in [1.807, 2.05) is 35.9 Å². The van der Waals surface area contributed by atoms with Crippen LogP contribution >= 0.6 is 0 Å². The quantitative estimate of drug-likeness (QED) is 0.524. The molecule has 1 aromatic heterocycles. The van der Waals surface area contributed by atoms with E-state index in [1.54, 1.807) is 13.8 Å². The average molecular weight is 425 g/mol. The highest BCUT2D eigenvalue weighted by Gasteiger charge is 2.25. The zero-order chi connectivity index (χ0) is 22.5. The highest BCUT2D eigenvalue weighted by molar-refractivity contribution is 5.97. The molecule has 3 N–H and O–H groups in total. The Morgan fingerprint density at radius 3 is 2.35 bits per heavy atom. The molecule has 0 radical (unpaired) electrons. The Bertz CT molecular complexity index is 1110. The number of fused-ring (bicyclic) bond motifs is 1. The van der Waals surface area contributed by atoms with Gasteiger partial charge in [-0.15, -0.1) is 0 Å². The van der Waals surface area contributed by atoms with E-state index in [-0.39, 0.29) is 17.9 Å². The van der Waals surface area contributed by atoms with Gasteiger partial charge in [0.2, 0.25) is 5.91 Å². The monoisotopic (exact) mass is 425 g/mol. The summed E-state index contributed by atoms with van der Waals surface area (Å²) in [7, 11) is 1.82. The predicted octanol–water partition coefficient (Wildman–Crippen LogP) is 1.86. The molecule has 0 bridgehead atoms. The molecule has 0 spiro atoms. The number of benzene rings is 2. The number of rotatable bonds is 6. The molecule has 8 nitrogen and oxygen atoms in total.